The van der Waals surface area contributed by atoms with Crippen molar-refractivity contribution >= 4 is 15.8 Å². The Morgan fingerprint density at radius 1 is 1.43 bits per heavy atom. The second kappa shape index (κ2) is 4.13. The molecule has 1 heterocycles. The number of sulfone groups is 1. The van der Waals surface area contributed by atoms with E-state index in [-0.39, 0.29) is 11.3 Å². The van der Waals surface area contributed by atoms with Crippen molar-refractivity contribution in [1.29, 1.82) is 0 Å². The Hall–Kier alpha value is -0.840. The largest absolute Gasteiger partial charge is 0.466 e. The maximum absolute atomic E-state index is 11.6. The second-order valence-corrected chi connectivity index (χ2v) is 5.67. The smallest absolute Gasteiger partial charge is 0.334 e. The Morgan fingerprint density at radius 2 is 2.07 bits per heavy atom. The molecule has 0 aromatic carbocycles. The van der Waals surface area contributed by atoms with Crippen LogP contribution in [0.15, 0.2) is 12.2 Å². The van der Waals surface area contributed by atoms with E-state index in [1.165, 1.54) is 7.11 Å². The summed E-state index contributed by atoms with van der Waals surface area (Å²) >= 11 is 0. The minimum atomic E-state index is -3.18. The molecule has 0 spiro atoms. The first-order valence-corrected chi connectivity index (χ1v) is 6.19. The van der Waals surface area contributed by atoms with E-state index in [1.807, 2.05) is 0 Å². The summed E-state index contributed by atoms with van der Waals surface area (Å²) in [6, 6.07) is 0. The molecule has 0 saturated carbocycles. The number of methoxy groups -OCH3 is 1. The molecule has 0 N–H and O–H groups in total. The minimum Gasteiger partial charge on any atom is -0.466 e. The molecule has 0 amide bonds. The normalized spacial score (nSPS) is 25.4. The molecular weight excluding hydrogens is 204 g/mol. The fourth-order valence-electron chi connectivity index (χ4n) is 1.61. The third-order valence-corrected chi connectivity index (χ3v) is 4.66. The summed E-state index contributed by atoms with van der Waals surface area (Å²) in [5, 5.41) is -0.733. The van der Waals surface area contributed by atoms with E-state index in [4.69, 9.17) is 0 Å². The van der Waals surface area contributed by atoms with Crippen LogP contribution in [-0.4, -0.2) is 32.5 Å². The summed E-state index contributed by atoms with van der Waals surface area (Å²) < 4.78 is 27.6. The van der Waals surface area contributed by atoms with Crippen molar-refractivity contribution in [3.8, 4) is 0 Å². The van der Waals surface area contributed by atoms with Gasteiger partial charge in [0.05, 0.1) is 18.1 Å². The molecule has 1 aliphatic heterocycles. The first-order valence-electron chi connectivity index (χ1n) is 4.47. The zero-order valence-corrected chi connectivity index (χ0v) is 8.97. The molecule has 80 valence electrons. The first-order chi connectivity index (χ1) is 6.49. The number of ether oxygens (including phenoxy) is 1. The third kappa shape index (κ3) is 2.15. The highest BCUT2D eigenvalue weighted by atomic mass is 32.2. The number of hydrogen-bond acceptors (Lipinski definition) is 4. The Morgan fingerprint density at radius 3 is 2.57 bits per heavy atom. The van der Waals surface area contributed by atoms with Gasteiger partial charge in [0.15, 0.2) is 9.84 Å². The lowest BCUT2D eigenvalue weighted by atomic mass is 10.1. The standard InChI is InChI=1S/C9H14O4S/c1-7(9(10)13-2)8-5-3-4-6-14(8,11)12/h8H,1,3-6H2,2H3. The summed E-state index contributed by atoms with van der Waals surface area (Å²) in [5.41, 5.74) is 0.0622. The van der Waals surface area contributed by atoms with E-state index >= 15 is 0 Å². The Kier molecular flexibility index (Phi) is 3.31. The van der Waals surface area contributed by atoms with Crippen molar-refractivity contribution in [2.75, 3.05) is 12.9 Å². The van der Waals surface area contributed by atoms with Gasteiger partial charge in [-0.05, 0) is 12.8 Å². The molecule has 0 aliphatic carbocycles. The van der Waals surface area contributed by atoms with Gasteiger partial charge in [-0.25, -0.2) is 13.2 Å². The predicted molar refractivity (Wildman–Crippen MR) is 52.6 cm³/mol. The Balaban J connectivity index is 2.86. The summed E-state index contributed by atoms with van der Waals surface area (Å²) in [6.45, 7) is 3.49. The lowest BCUT2D eigenvalue weighted by Crippen LogP contribution is -2.32. The number of esters is 1. The van der Waals surface area contributed by atoms with Gasteiger partial charge in [0, 0.05) is 5.57 Å². The van der Waals surface area contributed by atoms with Crippen LogP contribution in [-0.2, 0) is 19.4 Å². The molecule has 1 atom stereocenters. The van der Waals surface area contributed by atoms with Crippen LogP contribution in [0.3, 0.4) is 0 Å². The van der Waals surface area contributed by atoms with Gasteiger partial charge in [0.1, 0.15) is 0 Å². The fraction of sp³-hybridized carbons (Fsp3) is 0.667. The summed E-state index contributed by atoms with van der Waals surface area (Å²) in [7, 11) is -1.95. The topological polar surface area (TPSA) is 60.4 Å². The molecule has 1 fully saturated rings. The summed E-state index contributed by atoms with van der Waals surface area (Å²) in [4.78, 5) is 11.1. The summed E-state index contributed by atoms with van der Waals surface area (Å²) in [5.74, 6) is -0.478. The molecule has 0 radical (unpaired) electrons. The molecule has 1 aliphatic rings. The highest BCUT2D eigenvalue weighted by molar-refractivity contribution is 7.92. The van der Waals surface area contributed by atoms with Gasteiger partial charge in [-0.2, -0.15) is 0 Å². The van der Waals surface area contributed by atoms with Gasteiger partial charge in [0.25, 0.3) is 0 Å². The Bertz CT molecular complexity index is 342. The van der Waals surface area contributed by atoms with E-state index in [1.54, 1.807) is 0 Å². The molecule has 5 heteroatoms. The van der Waals surface area contributed by atoms with Gasteiger partial charge in [-0.3, -0.25) is 0 Å². The molecule has 1 unspecified atom stereocenters. The van der Waals surface area contributed by atoms with Gasteiger partial charge >= 0.3 is 5.97 Å². The highest BCUT2D eigenvalue weighted by Crippen LogP contribution is 2.25. The molecular formula is C9H14O4S. The van der Waals surface area contributed by atoms with Crippen molar-refractivity contribution in [1.82, 2.24) is 0 Å². The average Bonchev–Trinajstić information content (AvgIpc) is 2.15. The lowest BCUT2D eigenvalue weighted by molar-refractivity contribution is -0.136. The third-order valence-electron chi connectivity index (χ3n) is 2.41. The molecule has 1 saturated heterocycles. The maximum Gasteiger partial charge on any atom is 0.334 e. The van der Waals surface area contributed by atoms with Crippen LogP contribution in [0.25, 0.3) is 0 Å². The van der Waals surface area contributed by atoms with Crippen LogP contribution in [0, 0.1) is 0 Å². The molecule has 14 heavy (non-hydrogen) atoms. The Labute approximate surface area is 83.9 Å². The average molecular weight is 218 g/mol. The van der Waals surface area contributed by atoms with Crippen molar-refractivity contribution in [3.63, 3.8) is 0 Å². The van der Waals surface area contributed by atoms with Crippen LogP contribution >= 0.6 is 0 Å². The molecule has 0 aromatic rings. The van der Waals surface area contributed by atoms with Gasteiger partial charge in [-0.15, -0.1) is 0 Å². The van der Waals surface area contributed by atoms with Crippen molar-refractivity contribution < 1.29 is 17.9 Å². The number of carbonyl (C=O) groups excluding carboxylic acids is 1. The molecule has 0 aromatic heterocycles. The zero-order chi connectivity index (χ0) is 10.8. The zero-order valence-electron chi connectivity index (χ0n) is 8.15. The van der Waals surface area contributed by atoms with E-state index in [0.717, 1.165) is 6.42 Å². The van der Waals surface area contributed by atoms with E-state index < -0.39 is 21.1 Å². The SMILES string of the molecule is C=C(C(=O)OC)C1CCCCS1(=O)=O. The van der Waals surface area contributed by atoms with Crippen molar-refractivity contribution in [2.45, 2.75) is 24.5 Å². The number of rotatable bonds is 2. The van der Waals surface area contributed by atoms with Crippen LogP contribution in [0.5, 0.6) is 0 Å². The maximum atomic E-state index is 11.6. The van der Waals surface area contributed by atoms with E-state index in [0.29, 0.717) is 12.8 Å². The lowest BCUT2D eigenvalue weighted by Gasteiger charge is -2.22. The van der Waals surface area contributed by atoms with Crippen molar-refractivity contribution in [3.05, 3.63) is 12.2 Å². The fourth-order valence-corrected chi connectivity index (χ4v) is 3.55. The van der Waals surface area contributed by atoms with Crippen LogP contribution in [0.2, 0.25) is 0 Å². The van der Waals surface area contributed by atoms with Crippen LogP contribution < -0.4 is 0 Å². The second-order valence-electron chi connectivity index (χ2n) is 3.37. The van der Waals surface area contributed by atoms with Gasteiger partial charge < -0.3 is 4.74 Å². The number of carbonyl (C=O) groups is 1. The van der Waals surface area contributed by atoms with E-state index in [2.05, 4.69) is 11.3 Å². The summed E-state index contributed by atoms with van der Waals surface area (Å²) in [6.07, 6.45) is 1.98. The molecule has 4 nitrogen and oxygen atoms in total. The molecule has 1 rings (SSSR count). The van der Waals surface area contributed by atoms with Crippen LogP contribution in [0.1, 0.15) is 19.3 Å². The quantitative estimate of drug-likeness (QED) is 0.505. The van der Waals surface area contributed by atoms with Crippen LogP contribution in [0.4, 0.5) is 0 Å². The van der Waals surface area contributed by atoms with Crippen molar-refractivity contribution in [2.24, 2.45) is 0 Å². The minimum absolute atomic E-state index is 0.0622. The monoisotopic (exact) mass is 218 g/mol. The number of hydrogen-bond donors (Lipinski definition) is 0. The van der Waals surface area contributed by atoms with E-state index in [9.17, 15) is 13.2 Å². The van der Waals surface area contributed by atoms with Gasteiger partial charge in [0.2, 0.25) is 0 Å². The predicted octanol–water partition coefficient (Wildman–Crippen LogP) is 0.683. The van der Waals surface area contributed by atoms with Gasteiger partial charge in [-0.1, -0.05) is 13.0 Å². The highest BCUT2D eigenvalue weighted by Gasteiger charge is 2.34. The molecule has 0 bridgehead atoms. The first kappa shape index (κ1) is 11.2.